The topological polar surface area (TPSA) is 55.1 Å². The van der Waals surface area contributed by atoms with Crippen molar-refractivity contribution in [3.63, 3.8) is 0 Å². The van der Waals surface area contributed by atoms with Gasteiger partial charge in [0, 0.05) is 30.4 Å². The van der Waals surface area contributed by atoms with E-state index in [-0.39, 0.29) is 0 Å². The van der Waals surface area contributed by atoms with Gasteiger partial charge in [0.05, 0.1) is 0 Å². The fraction of sp³-hybridized carbons (Fsp3) is 0.350. The summed E-state index contributed by atoms with van der Waals surface area (Å²) in [5.41, 5.74) is 3.63. The molecule has 0 spiro atoms. The van der Waals surface area contributed by atoms with Gasteiger partial charge in [-0.1, -0.05) is 29.8 Å². The Balaban J connectivity index is 1.37. The molecule has 0 N–H and O–H groups in total. The smallest absolute Gasteiger partial charge is 0.247 e. The lowest BCUT2D eigenvalue weighted by atomic mass is 9.96. The van der Waals surface area contributed by atoms with E-state index < -0.39 is 0 Å². The molecule has 1 aromatic carbocycles. The molecule has 5 nitrogen and oxygen atoms in total. The van der Waals surface area contributed by atoms with Crippen molar-refractivity contribution in [1.29, 1.82) is 0 Å². The van der Waals surface area contributed by atoms with Crippen LogP contribution >= 0.6 is 0 Å². The quantitative estimate of drug-likeness (QED) is 0.726. The summed E-state index contributed by atoms with van der Waals surface area (Å²) >= 11 is 0. The molecular formula is C20H22N4O. The molecule has 3 heterocycles. The highest BCUT2D eigenvalue weighted by Crippen LogP contribution is 2.29. The summed E-state index contributed by atoms with van der Waals surface area (Å²) in [6, 6.07) is 12.5. The van der Waals surface area contributed by atoms with Gasteiger partial charge in [-0.25, -0.2) is 0 Å². The molecule has 0 unspecified atom stereocenters. The van der Waals surface area contributed by atoms with Crippen LogP contribution in [0.3, 0.4) is 0 Å². The standard InChI is InChI=1S/C20H22N4O/c1-15-3-2-4-16(13-15)14-24-11-7-18(8-12-24)20-23-22-19(25-20)17-5-9-21-10-6-17/h2-6,9-10,13,18H,7-8,11-12,14H2,1H3. The Labute approximate surface area is 147 Å². The highest BCUT2D eigenvalue weighted by atomic mass is 16.4. The van der Waals surface area contributed by atoms with Crippen molar-refractivity contribution >= 4 is 0 Å². The first kappa shape index (κ1) is 16.0. The highest BCUT2D eigenvalue weighted by molar-refractivity contribution is 5.50. The molecule has 1 aliphatic heterocycles. The summed E-state index contributed by atoms with van der Waals surface area (Å²) in [7, 11) is 0. The predicted octanol–water partition coefficient (Wildman–Crippen LogP) is 3.82. The van der Waals surface area contributed by atoms with Gasteiger partial charge < -0.3 is 4.42 Å². The summed E-state index contributed by atoms with van der Waals surface area (Å²) in [6.45, 7) is 5.28. The van der Waals surface area contributed by atoms with Crippen molar-refractivity contribution in [3.05, 3.63) is 65.8 Å². The van der Waals surface area contributed by atoms with Gasteiger partial charge in [0.15, 0.2) is 0 Å². The molecular weight excluding hydrogens is 312 g/mol. The fourth-order valence-electron chi connectivity index (χ4n) is 3.42. The minimum absolute atomic E-state index is 0.358. The average molecular weight is 334 g/mol. The van der Waals surface area contributed by atoms with E-state index in [0.29, 0.717) is 11.8 Å². The summed E-state index contributed by atoms with van der Waals surface area (Å²) in [5.74, 6) is 1.71. The third kappa shape index (κ3) is 3.77. The van der Waals surface area contributed by atoms with E-state index in [1.54, 1.807) is 12.4 Å². The maximum absolute atomic E-state index is 5.91. The normalized spacial score (nSPS) is 16.2. The van der Waals surface area contributed by atoms with Crippen LogP contribution in [0.1, 0.15) is 35.8 Å². The van der Waals surface area contributed by atoms with Crippen molar-refractivity contribution in [3.8, 4) is 11.5 Å². The number of rotatable bonds is 4. The van der Waals surface area contributed by atoms with Crippen molar-refractivity contribution in [2.75, 3.05) is 13.1 Å². The number of hydrogen-bond acceptors (Lipinski definition) is 5. The Morgan fingerprint density at radius 1 is 1.08 bits per heavy atom. The molecule has 0 saturated carbocycles. The Hall–Kier alpha value is -2.53. The molecule has 0 radical (unpaired) electrons. The first-order valence-corrected chi connectivity index (χ1v) is 8.79. The first-order chi connectivity index (χ1) is 12.3. The molecule has 3 aromatic rings. The van der Waals surface area contributed by atoms with E-state index in [0.717, 1.165) is 43.9 Å². The van der Waals surface area contributed by atoms with Crippen molar-refractivity contribution in [2.24, 2.45) is 0 Å². The van der Waals surface area contributed by atoms with Gasteiger partial charge in [-0.2, -0.15) is 0 Å². The number of nitrogens with zero attached hydrogens (tertiary/aromatic N) is 4. The zero-order valence-electron chi connectivity index (χ0n) is 14.4. The summed E-state index contributed by atoms with van der Waals surface area (Å²) in [5, 5.41) is 8.48. The Morgan fingerprint density at radius 2 is 1.88 bits per heavy atom. The third-order valence-corrected chi connectivity index (χ3v) is 4.79. The molecule has 0 bridgehead atoms. The van der Waals surface area contributed by atoms with E-state index in [2.05, 4.69) is 51.3 Å². The lowest BCUT2D eigenvalue weighted by Gasteiger charge is -2.30. The second kappa shape index (κ2) is 7.15. The molecule has 25 heavy (non-hydrogen) atoms. The Morgan fingerprint density at radius 3 is 2.64 bits per heavy atom. The molecule has 5 heteroatoms. The van der Waals surface area contributed by atoms with Crippen LogP contribution in [0, 0.1) is 6.92 Å². The van der Waals surface area contributed by atoms with Crippen LogP contribution in [-0.2, 0) is 6.54 Å². The van der Waals surface area contributed by atoms with E-state index in [1.165, 1.54) is 11.1 Å². The van der Waals surface area contributed by atoms with Gasteiger partial charge in [0.25, 0.3) is 0 Å². The molecule has 128 valence electrons. The van der Waals surface area contributed by atoms with Crippen LogP contribution in [0.15, 0.2) is 53.2 Å². The molecule has 1 fully saturated rings. The molecule has 4 rings (SSSR count). The maximum Gasteiger partial charge on any atom is 0.247 e. The molecule has 0 aliphatic carbocycles. The van der Waals surface area contributed by atoms with Crippen LogP contribution in [0.4, 0.5) is 0 Å². The van der Waals surface area contributed by atoms with Gasteiger partial charge in [0.2, 0.25) is 11.8 Å². The molecule has 1 aliphatic rings. The minimum Gasteiger partial charge on any atom is -0.420 e. The van der Waals surface area contributed by atoms with Crippen LogP contribution in [0.5, 0.6) is 0 Å². The number of aryl methyl sites for hydroxylation is 1. The number of likely N-dealkylation sites (tertiary alicyclic amines) is 1. The molecule has 0 atom stereocenters. The van der Waals surface area contributed by atoms with Gasteiger partial charge >= 0.3 is 0 Å². The lowest BCUT2D eigenvalue weighted by molar-refractivity contribution is 0.193. The molecule has 0 amide bonds. The van der Waals surface area contributed by atoms with Crippen LogP contribution < -0.4 is 0 Å². The zero-order valence-corrected chi connectivity index (χ0v) is 14.4. The summed E-state index contributed by atoms with van der Waals surface area (Å²) < 4.78 is 5.91. The van der Waals surface area contributed by atoms with E-state index in [4.69, 9.17) is 4.42 Å². The van der Waals surface area contributed by atoms with Gasteiger partial charge in [-0.05, 0) is 50.6 Å². The van der Waals surface area contributed by atoms with Gasteiger partial charge in [-0.15, -0.1) is 10.2 Å². The number of hydrogen-bond donors (Lipinski definition) is 0. The van der Waals surface area contributed by atoms with Crippen LogP contribution in [0.2, 0.25) is 0 Å². The predicted molar refractivity (Wildman–Crippen MR) is 96.0 cm³/mol. The van der Waals surface area contributed by atoms with E-state index >= 15 is 0 Å². The number of pyridine rings is 1. The van der Waals surface area contributed by atoms with Crippen LogP contribution in [-0.4, -0.2) is 33.2 Å². The largest absolute Gasteiger partial charge is 0.420 e. The van der Waals surface area contributed by atoms with E-state index in [1.807, 2.05) is 12.1 Å². The second-order valence-electron chi connectivity index (χ2n) is 6.72. The number of piperidine rings is 1. The van der Waals surface area contributed by atoms with Crippen molar-refractivity contribution in [2.45, 2.75) is 32.2 Å². The first-order valence-electron chi connectivity index (χ1n) is 8.79. The monoisotopic (exact) mass is 334 g/mol. The average Bonchev–Trinajstić information content (AvgIpc) is 3.13. The number of benzene rings is 1. The number of aromatic nitrogens is 3. The van der Waals surface area contributed by atoms with Gasteiger partial charge in [-0.3, -0.25) is 9.88 Å². The van der Waals surface area contributed by atoms with Crippen LogP contribution in [0.25, 0.3) is 11.5 Å². The molecule has 1 saturated heterocycles. The SMILES string of the molecule is Cc1cccc(CN2CCC(c3nnc(-c4ccncc4)o3)CC2)c1. The third-order valence-electron chi connectivity index (χ3n) is 4.79. The fourth-order valence-corrected chi connectivity index (χ4v) is 3.42. The lowest BCUT2D eigenvalue weighted by Crippen LogP contribution is -2.32. The van der Waals surface area contributed by atoms with Crippen molar-refractivity contribution < 1.29 is 4.42 Å². The summed E-state index contributed by atoms with van der Waals surface area (Å²) in [4.78, 5) is 6.53. The maximum atomic E-state index is 5.91. The Kier molecular flexibility index (Phi) is 4.57. The zero-order chi connectivity index (χ0) is 17.1. The Bertz CT molecular complexity index is 822. The molecule has 2 aromatic heterocycles. The summed E-state index contributed by atoms with van der Waals surface area (Å²) in [6.07, 6.45) is 5.60. The van der Waals surface area contributed by atoms with E-state index in [9.17, 15) is 0 Å². The minimum atomic E-state index is 0.358. The van der Waals surface area contributed by atoms with Gasteiger partial charge in [0.1, 0.15) is 0 Å². The highest BCUT2D eigenvalue weighted by Gasteiger charge is 2.25. The van der Waals surface area contributed by atoms with Crippen molar-refractivity contribution in [1.82, 2.24) is 20.1 Å². The second-order valence-corrected chi connectivity index (χ2v) is 6.72.